The largest absolute Gasteiger partial charge is 0.314 e. The van der Waals surface area contributed by atoms with Crippen LogP contribution in [0, 0.1) is 0 Å². The van der Waals surface area contributed by atoms with E-state index in [1.165, 1.54) is 10.1 Å². The summed E-state index contributed by atoms with van der Waals surface area (Å²) in [5.74, 6) is 0. The van der Waals surface area contributed by atoms with Gasteiger partial charge in [-0.2, -0.15) is 0 Å². The van der Waals surface area contributed by atoms with Gasteiger partial charge in [-0.15, -0.1) is 11.3 Å². The van der Waals surface area contributed by atoms with Gasteiger partial charge in [0.15, 0.2) is 0 Å². The molecule has 2 heterocycles. The molecule has 0 atom stereocenters. The van der Waals surface area contributed by atoms with Crippen molar-refractivity contribution >= 4 is 38.6 Å². The van der Waals surface area contributed by atoms with Gasteiger partial charge < -0.3 is 4.57 Å². The highest BCUT2D eigenvalue weighted by Crippen LogP contribution is 2.26. The Morgan fingerprint density at radius 1 is 1.06 bits per heavy atom. The monoisotopic (exact) mass is 243 g/mol. The highest BCUT2D eigenvalue weighted by Gasteiger charge is 2.07. The molecule has 3 rings (SSSR count). The van der Waals surface area contributed by atoms with Crippen LogP contribution in [0.25, 0.3) is 10.1 Å². The van der Waals surface area contributed by atoms with Crippen molar-refractivity contribution < 1.29 is 0 Å². The molecule has 0 amide bonds. The van der Waals surface area contributed by atoms with Crippen LogP contribution in [0.3, 0.4) is 0 Å². The summed E-state index contributed by atoms with van der Waals surface area (Å²) in [6, 6.07) is 14.5. The van der Waals surface area contributed by atoms with Crippen LogP contribution >= 0.6 is 23.6 Å². The first kappa shape index (κ1) is 9.75. The van der Waals surface area contributed by atoms with Crippen LogP contribution in [-0.4, -0.2) is 9.56 Å². The molecule has 0 spiro atoms. The smallest absolute Gasteiger partial charge is 0.127 e. The lowest BCUT2D eigenvalue weighted by Crippen LogP contribution is -2.05. The van der Waals surface area contributed by atoms with E-state index in [0.29, 0.717) is 0 Å². The van der Waals surface area contributed by atoms with Crippen molar-refractivity contribution in [3.63, 3.8) is 0 Å². The van der Waals surface area contributed by atoms with E-state index in [1.807, 2.05) is 29.1 Å². The second kappa shape index (κ2) is 3.85. The maximum absolute atomic E-state index is 5.46. The number of rotatable bonds is 1. The summed E-state index contributed by atoms with van der Waals surface area (Å²) < 4.78 is 3.26. The SMILES string of the molecule is S=C(c1cc2ccccc2s1)n1cccc1. The average Bonchev–Trinajstić information content (AvgIpc) is 2.97. The van der Waals surface area contributed by atoms with E-state index in [2.05, 4.69) is 30.3 Å². The molecule has 0 saturated heterocycles. The third kappa shape index (κ3) is 1.58. The molecule has 0 aliphatic rings. The fraction of sp³-hybridized carbons (Fsp3) is 0. The number of benzene rings is 1. The first-order valence-electron chi connectivity index (χ1n) is 5.01. The summed E-state index contributed by atoms with van der Waals surface area (Å²) in [6.45, 7) is 0. The van der Waals surface area contributed by atoms with Gasteiger partial charge in [-0.25, -0.2) is 0 Å². The van der Waals surface area contributed by atoms with Gasteiger partial charge in [-0.3, -0.25) is 0 Å². The zero-order chi connectivity index (χ0) is 11.0. The molecule has 0 aliphatic heterocycles. The van der Waals surface area contributed by atoms with Gasteiger partial charge in [0.2, 0.25) is 0 Å². The highest BCUT2D eigenvalue weighted by molar-refractivity contribution is 7.81. The Kier molecular flexibility index (Phi) is 2.35. The van der Waals surface area contributed by atoms with Crippen molar-refractivity contribution in [2.24, 2.45) is 0 Å². The van der Waals surface area contributed by atoms with E-state index in [9.17, 15) is 0 Å². The minimum atomic E-state index is 0.867. The second-order valence-electron chi connectivity index (χ2n) is 3.54. The lowest BCUT2D eigenvalue weighted by atomic mass is 10.2. The van der Waals surface area contributed by atoms with E-state index in [-0.39, 0.29) is 0 Å². The molecule has 0 aliphatic carbocycles. The number of fused-ring (bicyclic) bond motifs is 1. The molecule has 1 aromatic carbocycles. The molecule has 16 heavy (non-hydrogen) atoms. The fourth-order valence-corrected chi connectivity index (χ4v) is 3.00. The number of thiocarbonyl (C=S) groups is 1. The first-order chi connectivity index (χ1) is 7.84. The number of hydrogen-bond donors (Lipinski definition) is 0. The van der Waals surface area contributed by atoms with Crippen molar-refractivity contribution in [2.45, 2.75) is 0 Å². The summed E-state index contributed by atoms with van der Waals surface area (Å²) >= 11 is 7.20. The van der Waals surface area contributed by atoms with E-state index < -0.39 is 0 Å². The molecule has 3 aromatic rings. The Morgan fingerprint density at radius 3 is 2.56 bits per heavy atom. The van der Waals surface area contributed by atoms with Crippen molar-refractivity contribution in [2.75, 3.05) is 0 Å². The first-order valence-corrected chi connectivity index (χ1v) is 6.23. The summed E-state index contributed by atoms with van der Waals surface area (Å²) in [5, 5.41) is 1.26. The molecule has 1 nitrogen and oxygen atoms in total. The van der Waals surface area contributed by atoms with Crippen LogP contribution in [0.5, 0.6) is 0 Å². The van der Waals surface area contributed by atoms with Crippen LogP contribution < -0.4 is 0 Å². The van der Waals surface area contributed by atoms with Crippen molar-refractivity contribution in [1.82, 2.24) is 4.57 Å². The standard InChI is InChI=1S/C13H9NS2/c15-13(14-7-3-4-8-14)12-9-10-5-1-2-6-11(10)16-12/h1-9H. The van der Waals surface area contributed by atoms with Crippen LogP contribution in [0.1, 0.15) is 4.88 Å². The maximum atomic E-state index is 5.46. The van der Waals surface area contributed by atoms with Crippen molar-refractivity contribution in [3.05, 3.63) is 59.7 Å². The Morgan fingerprint density at radius 2 is 1.81 bits per heavy atom. The van der Waals surface area contributed by atoms with Gasteiger partial charge in [0.25, 0.3) is 0 Å². The molecular weight excluding hydrogens is 234 g/mol. The third-order valence-corrected chi connectivity index (χ3v) is 4.16. The van der Waals surface area contributed by atoms with Crippen molar-refractivity contribution in [3.8, 4) is 0 Å². The molecule has 0 fully saturated rings. The van der Waals surface area contributed by atoms with Crippen LogP contribution in [0.2, 0.25) is 0 Å². The number of nitrogens with zero attached hydrogens (tertiary/aromatic N) is 1. The molecule has 3 heteroatoms. The van der Waals surface area contributed by atoms with E-state index >= 15 is 0 Å². The second-order valence-corrected chi connectivity index (χ2v) is 5.01. The predicted octanol–water partition coefficient (Wildman–Crippen LogP) is 3.93. The Labute approximate surface area is 103 Å². The Balaban J connectivity index is 2.10. The third-order valence-electron chi connectivity index (χ3n) is 2.48. The minimum Gasteiger partial charge on any atom is -0.314 e. The lowest BCUT2D eigenvalue weighted by molar-refractivity contribution is 1.20. The summed E-state index contributed by atoms with van der Waals surface area (Å²) in [5.41, 5.74) is 0. The van der Waals surface area contributed by atoms with Gasteiger partial charge in [-0.1, -0.05) is 30.4 Å². The summed E-state index contributed by atoms with van der Waals surface area (Å²) in [7, 11) is 0. The van der Waals surface area contributed by atoms with Gasteiger partial charge in [-0.05, 0) is 29.7 Å². The van der Waals surface area contributed by atoms with Gasteiger partial charge >= 0.3 is 0 Å². The highest BCUT2D eigenvalue weighted by atomic mass is 32.1. The van der Waals surface area contributed by atoms with Crippen LogP contribution in [0.15, 0.2) is 54.9 Å². The topological polar surface area (TPSA) is 4.93 Å². The fourth-order valence-electron chi connectivity index (χ4n) is 1.68. The minimum absolute atomic E-state index is 0.867. The molecule has 2 aromatic heterocycles. The average molecular weight is 243 g/mol. The zero-order valence-electron chi connectivity index (χ0n) is 8.46. The summed E-state index contributed by atoms with van der Waals surface area (Å²) in [4.78, 5) is 2.01. The van der Waals surface area contributed by atoms with Gasteiger partial charge in [0, 0.05) is 17.1 Å². The van der Waals surface area contributed by atoms with Crippen LogP contribution in [-0.2, 0) is 0 Å². The Bertz CT molecular complexity index is 602. The van der Waals surface area contributed by atoms with Crippen molar-refractivity contribution in [1.29, 1.82) is 0 Å². The molecule has 0 unspecified atom stereocenters. The normalized spacial score (nSPS) is 10.8. The Hall–Kier alpha value is -1.45. The molecule has 0 bridgehead atoms. The molecular formula is C13H9NS2. The molecule has 78 valence electrons. The molecule has 0 radical (unpaired) electrons. The number of aromatic nitrogens is 1. The van der Waals surface area contributed by atoms with Gasteiger partial charge in [0.1, 0.15) is 4.99 Å². The predicted molar refractivity (Wildman–Crippen MR) is 73.4 cm³/mol. The van der Waals surface area contributed by atoms with E-state index in [1.54, 1.807) is 11.3 Å². The van der Waals surface area contributed by atoms with Gasteiger partial charge in [0.05, 0.1) is 4.88 Å². The zero-order valence-corrected chi connectivity index (χ0v) is 10.1. The number of hydrogen-bond acceptors (Lipinski definition) is 2. The molecule has 0 N–H and O–H groups in total. The quantitative estimate of drug-likeness (QED) is 0.586. The summed E-state index contributed by atoms with van der Waals surface area (Å²) in [6.07, 6.45) is 3.96. The van der Waals surface area contributed by atoms with E-state index in [4.69, 9.17) is 12.2 Å². The molecule has 0 saturated carbocycles. The number of thiophene rings is 1. The maximum Gasteiger partial charge on any atom is 0.127 e. The lowest BCUT2D eigenvalue weighted by Gasteiger charge is -2.00. The van der Waals surface area contributed by atoms with Crippen LogP contribution in [0.4, 0.5) is 0 Å². The van der Waals surface area contributed by atoms with E-state index in [0.717, 1.165) is 9.87 Å².